The molecule has 0 fully saturated rings. The van der Waals surface area contributed by atoms with Crippen LogP contribution in [-0.2, 0) is 14.3 Å². The molecular weight excluding hydrogens is 459 g/mol. The zero-order chi connectivity index (χ0) is 21.4. The standard InChI is InChI=1S/C25H26O3SSe/c1-3-4-15-24(30-23-13-9-6-10-14-23)25(21-11-7-5-8-12-21)28-29(26,27)22-18-16-20(2)17-19-22/h5-14,16-19H,3-4,15H2,1-2H3/b25-24+. The van der Waals surface area contributed by atoms with Gasteiger partial charge in [-0.15, -0.1) is 0 Å². The molecule has 0 aliphatic rings. The van der Waals surface area contributed by atoms with Crippen LogP contribution in [-0.4, -0.2) is 23.4 Å². The summed E-state index contributed by atoms with van der Waals surface area (Å²) in [6.07, 6.45) is 2.81. The normalized spacial score (nSPS) is 12.3. The van der Waals surface area contributed by atoms with Crippen LogP contribution in [0.2, 0.25) is 0 Å². The van der Waals surface area contributed by atoms with Gasteiger partial charge in [0, 0.05) is 0 Å². The van der Waals surface area contributed by atoms with E-state index in [1.165, 1.54) is 4.46 Å². The van der Waals surface area contributed by atoms with Crippen molar-refractivity contribution in [3.8, 4) is 0 Å². The van der Waals surface area contributed by atoms with Gasteiger partial charge in [0.2, 0.25) is 0 Å². The summed E-state index contributed by atoms with van der Waals surface area (Å²) in [5.41, 5.74) is 1.79. The Balaban J connectivity index is 2.07. The van der Waals surface area contributed by atoms with Gasteiger partial charge in [-0.3, -0.25) is 0 Å². The molecule has 0 aliphatic carbocycles. The monoisotopic (exact) mass is 486 g/mol. The van der Waals surface area contributed by atoms with Crippen molar-refractivity contribution in [2.75, 3.05) is 0 Å². The predicted octanol–water partition coefficient (Wildman–Crippen LogP) is 5.29. The Morgan fingerprint density at radius 3 is 2.07 bits per heavy atom. The topological polar surface area (TPSA) is 43.4 Å². The molecule has 156 valence electrons. The molecule has 0 unspecified atom stereocenters. The Hall–Kier alpha value is -2.33. The van der Waals surface area contributed by atoms with Gasteiger partial charge in [-0.2, -0.15) is 0 Å². The van der Waals surface area contributed by atoms with Crippen molar-refractivity contribution in [3.63, 3.8) is 0 Å². The number of unbranched alkanes of at least 4 members (excludes halogenated alkanes) is 1. The van der Waals surface area contributed by atoms with E-state index < -0.39 is 10.1 Å². The Bertz CT molecular complexity index is 1070. The van der Waals surface area contributed by atoms with Crippen LogP contribution in [0.5, 0.6) is 0 Å². The average Bonchev–Trinajstić information content (AvgIpc) is 2.77. The fourth-order valence-electron chi connectivity index (χ4n) is 2.89. The van der Waals surface area contributed by atoms with Crippen molar-refractivity contribution >= 4 is 35.3 Å². The van der Waals surface area contributed by atoms with Crippen molar-refractivity contribution in [2.45, 2.75) is 38.0 Å². The van der Waals surface area contributed by atoms with Crippen molar-refractivity contribution in [2.24, 2.45) is 0 Å². The molecule has 0 aliphatic heterocycles. The molecule has 0 heterocycles. The molecule has 0 saturated carbocycles. The molecule has 3 nitrogen and oxygen atoms in total. The Morgan fingerprint density at radius 2 is 1.47 bits per heavy atom. The van der Waals surface area contributed by atoms with Crippen LogP contribution in [0.1, 0.15) is 37.3 Å². The van der Waals surface area contributed by atoms with E-state index >= 15 is 0 Å². The predicted molar refractivity (Wildman–Crippen MR) is 124 cm³/mol. The fraction of sp³-hybridized carbons (Fsp3) is 0.200. The first-order valence-corrected chi connectivity index (χ1v) is 13.1. The summed E-state index contributed by atoms with van der Waals surface area (Å²) in [6, 6.07) is 26.5. The van der Waals surface area contributed by atoms with Gasteiger partial charge in [0.1, 0.15) is 0 Å². The maximum atomic E-state index is 13.1. The molecule has 0 radical (unpaired) electrons. The molecule has 0 aromatic heterocycles. The molecule has 30 heavy (non-hydrogen) atoms. The second kappa shape index (κ2) is 10.6. The number of allylic oxidation sites excluding steroid dienone is 1. The zero-order valence-corrected chi connectivity index (χ0v) is 19.8. The third-order valence-electron chi connectivity index (χ3n) is 4.53. The zero-order valence-electron chi connectivity index (χ0n) is 17.2. The summed E-state index contributed by atoms with van der Waals surface area (Å²) in [4.78, 5) is 0.170. The second-order valence-electron chi connectivity index (χ2n) is 6.99. The van der Waals surface area contributed by atoms with Crippen LogP contribution in [0.4, 0.5) is 0 Å². The number of rotatable bonds is 9. The Morgan fingerprint density at radius 1 is 0.867 bits per heavy atom. The van der Waals surface area contributed by atoms with E-state index in [1.807, 2.05) is 55.5 Å². The summed E-state index contributed by atoms with van der Waals surface area (Å²) in [5.74, 6) is 0.466. The van der Waals surface area contributed by atoms with E-state index in [-0.39, 0.29) is 19.9 Å². The maximum absolute atomic E-state index is 13.1. The van der Waals surface area contributed by atoms with Gasteiger partial charge in [-0.1, -0.05) is 0 Å². The first-order valence-electron chi connectivity index (χ1n) is 10.0. The van der Waals surface area contributed by atoms with Crippen molar-refractivity contribution in [1.82, 2.24) is 0 Å². The van der Waals surface area contributed by atoms with E-state index in [1.54, 1.807) is 24.3 Å². The van der Waals surface area contributed by atoms with E-state index in [0.29, 0.717) is 5.76 Å². The minimum absolute atomic E-state index is 0.0373. The summed E-state index contributed by atoms with van der Waals surface area (Å²) in [6.45, 7) is 4.07. The number of hydrogen-bond acceptors (Lipinski definition) is 3. The third-order valence-corrected chi connectivity index (χ3v) is 8.17. The molecular formula is C25H26O3SSe. The summed E-state index contributed by atoms with van der Waals surface area (Å²) >= 11 is -0.0373. The Kier molecular flexibility index (Phi) is 7.92. The van der Waals surface area contributed by atoms with Gasteiger partial charge in [0.25, 0.3) is 0 Å². The van der Waals surface area contributed by atoms with Crippen molar-refractivity contribution in [3.05, 3.63) is 101 Å². The Labute approximate surface area is 186 Å². The molecule has 0 bridgehead atoms. The van der Waals surface area contributed by atoms with Gasteiger partial charge >= 0.3 is 186 Å². The molecule has 0 atom stereocenters. The summed E-state index contributed by atoms with van der Waals surface area (Å²) in [7, 11) is -3.93. The number of aryl methyl sites for hydroxylation is 1. The first-order chi connectivity index (χ1) is 14.5. The molecule has 3 aromatic carbocycles. The van der Waals surface area contributed by atoms with Crippen molar-refractivity contribution < 1.29 is 12.6 Å². The minimum atomic E-state index is -3.93. The first kappa shape index (κ1) is 22.4. The number of benzene rings is 3. The van der Waals surface area contributed by atoms with E-state index in [4.69, 9.17) is 4.18 Å². The van der Waals surface area contributed by atoms with Gasteiger partial charge < -0.3 is 0 Å². The SMILES string of the molecule is CCCC/C([Se]c1ccccc1)=C(\OS(=O)(=O)c1ccc(C)cc1)c1ccccc1. The van der Waals surface area contributed by atoms with Crippen molar-refractivity contribution in [1.29, 1.82) is 0 Å². The van der Waals surface area contributed by atoms with Gasteiger partial charge in [0.05, 0.1) is 0 Å². The van der Waals surface area contributed by atoms with Gasteiger partial charge in [-0.05, 0) is 0 Å². The average molecular weight is 486 g/mol. The van der Waals surface area contributed by atoms with Gasteiger partial charge in [0.15, 0.2) is 0 Å². The molecule has 3 aromatic rings. The van der Waals surface area contributed by atoms with E-state index in [2.05, 4.69) is 19.1 Å². The van der Waals surface area contributed by atoms with Crippen LogP contribution >= 0.6 is 0 Å². The molecule has 5 heteroatoms. The van der Waals surface area contributed by atoms with Crippen LogP contribution in [0.3, 0.4) is 0 Å². The van der Waals surface area contributed by atoms with E-state index in [9.17, 15) is 8.42 Å². The molecule has 0 saturated heterocycles. The number of hydrogen-bond donors (Lipinski definition) is 0. The summed E-state index contributed by atoms with van der Waals surface area (Å²) in [5, 5.41) is 0. The molecule has 0 spiro atoms. The quantitative estimate of drug-likeness (QED) is 0.235. The second-order valence-corrected chi connectivity index (χ2v) is 11.0. The summed E-state index contributed by atoms with van der Waals surface area (Å²) < 4.78 is 34.3. The van der Waals surface area contributed by atoms with E-state index in [0.717, 1.165) is 34.9 Å². The van der Waals surface area contributed by atoms with Gasteiger partial charge in [-0.25, -0.2) is 0 Å². The van der Waals surface area contributed by atoms with Crippen LogP contribution < -0.4 is 4.46 Å². The molecule has 0 N–H and O–H groups in total. The van der Waals surface area contributed by atoms with Crippen LogP contribution in [0, 0.1) is 6.92 Å². The van der Waals surface area contributed by atoms with Crippen LogP contribution in [0.15, 0.2) is 94.3 Å². The molecule has 0 amide bonds. The fourth-order valence-corrected chi connectivity index (χ4v) is 6.25. The third kappa shape index (κ3) is 6.08. The van der Waals surface area contributed by atoms with Crippen LogP contribution in [0.25, 0.3) is 5.76 Å². The molecule has 3 rings (SSSR count).